The molecule has 4 nitrogen and oxygen atoms in total. The number of carbonyl (C=O) groups excluding carboxylic acids is 1. The zero-order valence-electron chi connectivity index (χ0n) is 9.19. The molecule has 1 unspecified atom stereocenters. The van der Waals surface area contributed by atoms with E-state index < -0.39 is 0 Å². The Balaban J connectivity index is 2.07. The number of fused-ring (bicyclic) bond motifs is 3. The Kier molecular flexibility index (Phi) is 2.11. The van der Waals surface area contributed by atoms with Gasteiger partial charge in [-0.05, 0) is 24.6 Å². The van der Waals surface area contributed by atoms with E-state index in [0.717, 1.165) is 17.9 Å². The highest BCUT2D eigenvalue weighted by atomic mass is 16.5. The monoisotopic (exact) mass is 218 g/mol. The summed E-state index contributed by atoms with van der Waals surface area (Å²) in [6, 6.07) is 5.93. The fourth-order valence-electron chi connectivity index (χ4n) is 2.31. The number of nitrogens with one attached hydrogen (secondary N) is 1. The van der Waals surface area contributed by atoms with E-state index in [1.165, 1.54) is 5.56 Å². The fourth-order valence-corrected chi connectivity index (χ4v) is 2.31. The van der Waals surface area contributed by atoms with Crippen LogP contribution < -0.4 is 10.2 Å². The molecule has 1 aromatic rings. The smallest absolute Gasteiger partial charge is 0.249 e. The molecule has 1 atom stereocenters. The molecule has 4 heteroatoms. The number of rotatable bonds is 0. The van der Waals surface area contributed by atoms with Crippen LogP contribution in [0, 0.1) is 6.92 Å². The molecule has 2 aliphatic heterocycles. The third-order valence-corrected chi connectivity index (χ3v) is 3.15. The average molecular weight is 218 g/mol. The second-order valence-corrected chi connectivity index (χ2v) is 4.29. The number of hydrogen-bond acceptors (Lipinski definition) is 3. The molecule has 1 aromatic carbocycles. The van der Waals surface area contributed by atoms with E-state index in [4.69, 9.17) is 4.74 Å². The van der Waals surface area contributed by atoms with Crippen molar-refractivity contribution < 1.29 is 9.53 Å². The van der Waals surface area contributed by atoms with Crippen LogP contribution in [0.25, 0.3) is 0 Å². The minimum Gasteiger partial charge on any atom is -0.377 e. The van der Waals surface area contributed by atoms with Crippen LogP contribution in [0.4, 0.5) is 11.4 Å². The van der Waals surface area contributed by atoms with Crippen molar-refractivity contribution in [3.63, 3.8) is 0 Å². The van der Waals surface area contributed by atoms with Crippen molar-refractivity contribution in [1.29, 1.82) is 0 Å². The van der Waals surface area contributed by atoms with Crippen LogP contribution in [-0.2, 0) is 9.53 Å². The maximum Gasteiger partial charge on any atom is 0.249 e. The lowest BCUT2D eigenvalue weighted by molar-refractivity contribution is -0.119. The van der Waals surface area contributed by atoms with Crippen LogP contribution in [0.2, 0.25) is 0 Å². The van der Waals surface area contributed by atoms with Gasteiger partial charge in [-0.1, -0.05) is 6.07 Å². The van der Waals surface area contributed by atoms with Gasteiger partial charge in [0.1, 0.15) is 6.04 Å². The van der Waals surface area contributed by atoms with Gasteiger partial charge in [0.15, 0.2) is 0 Å². The molecule has 2 aliphatic rings. The second kappa shape index (κ2) is 3.49. The highest BCUT2D eigenvalue weighted by molar-refractivity contribution is 6.03. The topological polar surface area (TPSA) is 41.6 Å². The van der Waals surface area contributed by atoms with Crippen LogP contribution in [0.5, 0.6) is 0 Å². The Hall–Kier alpha value is -1.55. The number of morpholine rings is 1. The highest BCUT2D eigenvalue weighted by Crippen LogP contribution is 2.33. The van der Waals surface area contributed by atoms with Crippen molar-refractivity contribution in [1.82, 2.24) is 0 Å². The SMILES string of the molecule is Cc1ccc2c(c1)N1CCOCC1C(=O)N2. The molecule has 16 heavy (non-hydrogen) atoms. The number of aryl methyl sites for hydroxylation is 1. The summed E-state index contributed by atoms with van der Waals surface area (Å²) in [5, 5.41) is 2.93. The average Bonchev–Trinajstić information content (AvgIpc) is 2.31. The minimum absolute atomic E-state index is 0.0380. The molecule has 1 saturated heterocycles. The summed E-state index contributed by atoms with van der Waals surface area (Å²) in [5.41, 5.74) is 3.24. The van der Waals surface area contributed by atoms with Crippen LogP contribution in [0.3, 0.4) is 0 Å². The van der Waals surface area contributed by atoms with Crippen LogP contribution in [0.15, 0.2) is 18.2 Å². The van der Waals surface area contributed by atoms with Gasteiger partial charge in [-0.25, -0.2) is 0 Å². The van der Waals surface area contributed by atoms with Gasteiger partial charge in [-0.3, -0.25) is 4.79 Å². The molecule has 1 fully saturated rings. The van der Waals surface area contributed by atoms with Gasteiger partial charge < -0.3 is 15.0 Å². The second-order valence-electron chi connectivity index (χ2n) is 4.29. The van der Waals surface area contributed by atoms with Crippen LogP contribution >= 0.6 is 0 Å². The molecule has 0 saturated carbocycles. The first-order chi connectivity index (χ1) is 7.75. The van der Waals surface area contributed by atoms with E-state index in [2.05, 4.69) is 23.2 Å². The molecular formula is C12H14N2O2. The number of hydrogen-bond donors (Lipinski definition) is 1. The number of carbonyl (C=O) groups is 1. The summed E-state index contributed by atoms with van der Waals surface area (Å²) in [7, 11) is 0. The van der Waals surface area contributed by atoms with E-state index in [0.29, 0.717) is 13.2 Å². The zero-order valence-corrected chi connectivity index (χ0v) is 9.19. The Morgan fingerprint density at radius 1 is 1.50 bits per heavy atom. The van der Waals surface area contributed by atoms with E-state index in [-0.39, 0.29) is 11.9 Å². The van der Waals surface area contributed by atoms with Gasteiger partial charge in [-0.15, -0.1) is 0 Å². The summed E-state index contributed by atoms with van der Waals surface area (Å²) in [5.74, 6) is 0.0380. The third-order valence-electron chi connectivity index (χ3n) is 3.15. The first kappa shape index (κ1) is 9.66. The number of amides is 1. The molecule has 0 radical (unpaired) electrons. The van der Waals surface area contributed by atoms with E-state index in [1.807, 2.05) is 12.1 Å². The van der Waals surface area contributed by atoms with Crippen molar-refractivity contribution in [2.75, 3.05) is 30.0 Å². The molecule has 1 amide bonds. The molecule has 0 aliphatic carbocycles. The lowest BCUT2D eigenvalue weighted by Crippen LogP contribution is -2.54. The predicted molar refractivity (Wildman–Crippen MR) is 61.8 cm³/mol. The van der Waals surface area contributed by atoms with Gasteiger partial charge in [0.25, 0.3) is 0 Å². The minimum atomic E-state index is -0.164. The van der Waals surface area contributed by atoms with Gasteiger partial charge >= 0.3 is 0 Å². The molecule has 2 heterocycles. The van der Waals surface area contributed by atoms with Crippen LogP contribution in [0.1, 0.15) is 5.56 Å². The Morgan fingerprint density at radius 3 is 3.25 bits per heavy atom. The van der Waals surface area contributed by atoms with Crippen molar-refractivity contribution in [2.24, 2.45) is 0 Å². The Morgan fingerprint density at radius 2 is 2.38 bits per heavy atom. The standard InChI is InChI=1S/C12H14N2O2/c1-8-2-3-9-10(6-8)14-4-5-16-7-11(14)12(15)13-9/h2-3,6,11H,4-5,7H2,1H3,(H,13,15). The molecule has 1 N–H and O–H groups in total. The normalized spacial score (nSPS) is 23.4. The number of anilines is 2. The molecule has 0 bridgehead atoms. The summed E-state index contributed by atoms with van der Waals surface area (Å²) in [4.78, 5) is 14.0. The molecule has 0 aromatic heterocycles. The lowest BCUT2D eigenvalue weighted by Gasteiger charge is -2.40. The van der Waals surface area contributed by atoms with Gasteiger partial charge in [-0.2, -0.15) is 0 Å². The largest absolute Gasteiger partial charge is 0.377 e. The molecule has 0 spiro atoms. The predicted octanol–water partition coefficient (Wildman–Crippen LogP) is 1.15. The molecule has 3 rings (SSSR count). The van der Waals surface area contributed by atoms with Gasteiger partial charge in [0.05, 0.1) is 24.6 Å². The number of benzene rings is 1. The van der Waals surface area contributed by atoms with E-state index >= 15 is 0 Å². The third kappa shape index (κ3) is 1.38. The van der Waals surface area contributed by atoms with Crippen molar-refractivity contribution in [3.8, 4) is 0 Å². The number of ether oxygens (including phenoxy) is 1. The molecule has 84 valence electrons. The van der Waals surface area contributed by atoms with Gasteiger partial charge in [0.2, 0.25) is 5.91 Å². The van der Waals surface area contributed by atoms with Crippen molar-refractivity contribution in [2.45, 2.75) is 13.0 Å². The number of nitrogens with zero attached hydrogens (tertiary/aromatic N) is 1. The van der Waals surface area contributed by atoms with Gasteiger partial charge in [0, 0.05) is 6.54 Å². The summed E-state index contributed by atoms with van der Waals surface area (Å²) in [6.07, 6.45) is 0. The maximum atomic E-state index is 11.8. The Bertz CT molecular complexity index is 445. The highest BCUT2D eigenvalue weighted by Gasteiger charge is 2.35. The zero-order chi connectivity index (χ0) is 11.1. The molecular weight excluding hydrogens is 204 g/mol. The Labute approximate surface area is 94.2 Å². The lowest BCUT2D eigenvalue weighted by atomic mass is 10.1. The summed E-state index contributed by atoms with van der Waals surface area (Å²) < 4.78 is 5.35. The first-order valence-corrected chi connectivity index (χ1v) is 5.51. The van der Waals surface area contributed by atoms with Crippen LogP contribution in [-0.4, -0.2) is 31.7 Å². The fraction of sp³-hybridized carbons (Fsp3) is 0.417. The van der Waals surface area contributed by atoms with E-state index in [1.54, 1.807) is 0 Å². The van der Waals surface area contributed by atoms with Crippen molar-refractivity contribution >= 4 is 17.3 Å². The maximum absolute atomic E-state index is 11.8. The van der Waals surface area contributed by atoms with Crippen molar-refractivity contribution in [3.05, 3.63) is 23.8 Å². The van der Waals surface area contributed by atoms with E-state index in [9.17, 15) is 4.79 Å². The summed E-state index contributed by atoms with van der Waals surface area (Å²) >= 11 is 0. The summed E-state index contributed by atoms with van der Waals surface area (Å²) in [6.45, 7) is 4.02. The first-order valence-electron chi connectivity index (χ1n) is 5.51. The quantitative estimate of drug-likeness (QED) is 0.710.